The van der Waals surface area contributed by atoms with Gasteiger partial charge in [-0.25, -0.2) is 0 Å². The van der Waals surface area contributed by atoms with Gasteiger partial charge in [-0.1, -0.05) is 61.1 Å². The molecule has 4 nitrogen and oxygen atoms in total. The second-order valence-electron chi connectivity index (χ2n) is 7.23. The van der Waals surface area contributed by atoms with Gasteiger partial charge in [0.1, 0.15) is 0 Å². The summed E-state index contributed by atoms with van der Waals surface area (Å²) in [5, 5.41) is 5.90. The molecule has 2 amide bonds. The van der Waals surface area contributed by atoms with E-state index in [0.717, 1.165) is 59.7 Å². The van der Waals surface area contributed by atoms with Gasteiger partial charge in [-0.05, 0) is 61.4 Å². The van der Waals surface area contributed by atoms with E-state index in [9.17, 15) is 9.59 Å². The Kier molecular flexibility index (Phi) is 11.5. The van der Waals surface area contributed by atoms with Crippen molar-refractivity contribution in [2.45, 2.75) is 75.0 Å². The first-order chi connectivity index (χ1) is 14.6. The van der Waals surface area contributed by atoms with Gasteiger partial charge in [0.25, 0.3) is 0 Å². The molecule has 162 valence electrons. The fourth-order valence-electron chi connectivity index (χ4n) is 2.80. The van der Waals surface area contributed by atoms with Crippen LogP contribution in [-0.4, -0.2) is 11.8 Å². The summed E-state index contributed by atoms with van der Waals surface area (Å²) in [6.07, 6.45) is 7.45. The Morgan fingerprint density at radius 3 is 1.33 bits per heavy atom. The number of carbonyl (C=O) groups excluding carboxylic acids is 2. The van der Waals surface area contributed by atoms with Crippen molar-refractivity contribution in [2.24, 2.45) is 0 Å². The topological polar surface area (TPSA) is 58.2 Å². The van der Waals surface area contributed by atoms with Crippen LogP contribution in [0.5, 0.6) is 0 Å². The van der Waals surface area contributed by atoms with Crippen LogP contribution in [0.4, 0.5) is 11.4 Å². The van der Waals surface area contributed by atoms with Crippen LogP contribution < -0.4 is 10.6 Å². The molecule has 0 aliphatic heterocycles. The van der Waals surface area contributed by atoms with Crippen molar-refractivity contribution in [3.05, 3.63) is 48.5 Å². The normalized spacial score (nSPS) is 10.6. The van der Waals surface area contributed by atoms with E-state index in [1.54, 1.807) is 21.6 Å². The quantitative estimate of drug-likeness (QED) is 0.248. The molecule has 0 radical (unpaired) electrons. The summed E-state index contributed by atoms with van der Waals surface area (Å²) in [7, 11) is 3.34. The molecule has 0 heterocycles. The highest BCUT2D eigenvalue weighted by Crippen LogP contribution is 2.38. The van der Waals surface area contributed by atoms with Crippen LogP contribution in [0, 0.1) is 0 Å². The molecule has 0 saturated carbocycles. The minimum Gasteiger partial charge on any atom is -0.326 e. The fraction of sp³-hybridized carbons (Fsp3) is 0.417. The minimum absolute atomic E-state index is 0.0794. The van der Waals surface area contributed by atoms with Crippen LogP contribution in [-0.2, 0) is 9.59 Å². The molecular formula is C24H32N2O2S2. The lowest BCUT2D eigenvalue weighted by Crippen LogP contribution is -2.10. The predicted molar refractivity (Wildman–Crippen MR) is 130 cm³/mol. The van der Waals surface area contributed by atoms with E-state index in [1.165, 1.54) is 0 Å². The van der Waals surface area contributed by atoms with Crippen molar-refractivity contribution >= 4 is 44.8 Å². The fourth-order valence-corrected chi connectivity index (χ4v) is 4.73. The van der Waals surface area contributed by atoms with Gasteiger partial charge in [0, 0.05) is 34.0 Å². The van der Waals surface area contributed by atoms with E-state index < -0.39 is 0 Å². The van der Waals surface area contributed by atoms with Crippen molar-refractivity contribution in [1.29, 1.82) is 0 Å². The second kappa shape index (κ2) is 14.1. The highest BCUT2D eigenvalue weighted by atomic mass is 33.1. The summed E-state index contributed by atoms with van der Waals surface area (Å²) < 4.78 is 0. The lowest BCUT2D eigenvalue weighted by atomic mass is 10.2. The number of carbonyl (C=O) groups is 2. The number of hydrogen-bond acceptors (Lipinski definition) is 4. The maximum absolute atomic E-state index is 11.9. The zero-order valence-corrected chi connectivity index (χ0v) is 19.5. The van der Waals surface area contributed by atoms with Crippen LogP contribution in [0.2, 0.25) is 0 Å². The molecule has 0 spiro atoms. The van der Waals surface area contributed by atoms with Gasteiger partial charge >= 0.3 is 0 Å². The van der Waals surface area contributed by atoms with E-state index in [2.05, 4.69) is 24.5 Å². The van der Waals surface area contributed by atoms with Gasteiger partial charge in [0.05, 0.1) is 0 Å². The van der Waals surface area contributed by atoms with Crippen LogP contribution in [0.15, 0.2) is 58.3 Å². The Bertz CT molecular complexity index is 709. The third-order valence-corrected chi connectivity index (χ3v) is 6.94. The summed E-state index contributed by atoms with van der Waals surface area (Å²) in [6, 6.07) is 15.8. The molecule has 0 saturated heterocycles. The third-order valence-electron chi connectivity index (χ3n) is 4.53. The lowest BCUT2D eigenvalue weighted by molar-refractivity contribution is -0.117. The summed E-state index contributed by atoms with van der Waals surface area (Å²) in [5.74, 6) is 0.159. The van der Waals surface area contributed by atoms with Crippen LogP contribution in [0.1, 0.15) is 65.2 Å². The summed E-state index contributed by atoms with van der Waals surface area (Å²) in [5.41, 5.74) is 1.68. The molecule has 6 heteroatoms. The molecule has 0 aliphatic carbocycles. The molecule has 0 aliphatic rings. The summed E-state index contributed by atoms with van der Waals surface area (Å²) in [6.45, 7) is 4.27. The maximum atomic E-state index is 11.9. The largest absolute Gasteiger partial charge is 0.326 e. The molecule has 2 N–H and O–H groups in total. The monoisotopic (exact) mass is 444 g/mol. The van der Waals surface area contributed by atoms with Crippen molar-refractivity contribution in [2.75, 3.05) is 10.6 Å². The second-order valence-corrected chi connectivity index (χ2v) is 9.50. The van der Waals surface area contributed by atoms with Gasteiger partial charge in [0.2, 0.25) is 11.8 Å². The van der Waals surface area contributed by atoms with Crippen LogP contribution in [0.25, 0.3) is 0 Å². The molecule has 0 atom stereocenters. The molecule has 0 bridgehead atoms. The first-order valence-electron chi connectivity index (χ1n) is 10.7. The third kappa shape index (κ3) is 9.72. The van der Waals surface area contributed by atoms with E-state index in [0.29, 0.717) is 12.8 Å². The highest BCUT2D eigenvalue weighted by molar-refractivity contribution is 8.76. The van der Waals surface area contributed by atoms with Gasteiger partial charge < -0.3 is 10.6 Å². The van der Waals surface area contributed by atoms with Crippen molar-refractivity contribution in [1.82, 2.24) is 0 Å². The first-order valence-corrected chi connectivity index (χ1v) is 12.9. The maximum Gasteiger partial charge on any atom is 0.224 e. The zero-order valence-electron chi connectivity index (χ0n) is 17.9. The van der Waals surface area contributed by atoms with E-state index >= 15 is 0 Å². The van der Waals surface area contributed by atoms with Crippen molar-refractivity contribution < 1.29 is 9.59 Å². The van der Waals surface area contributed by atoms with E-state index in [1.807, 2.05) is 48.5 Å². The Morgan fingerprint density at radius 2 is 1.00 bits per heavy atom. The highest BCUT2D eigenvalue weighted by Gasteiger charge is 2.05. The SMILES string of the molecule is CCCCCC(=O)Nc1ccc(SSc2ccc(NC(=O)CCCCC)cc2)cc1. The number of nitrogens with one attached hydrogen (secondary N) is 2. The number of hydrogen-bond donors (Lipinski definition) is 2. The Morgan fingerprint density at radius 1 is 0.633 bits per heavy atom. The van der Waals surface area contributed by atoms with Crippen LogP contribution >= 0.6 is 21.6 Å². The lowest BCUT2D eigenvalue weighted by Gasteiger charge is -2.07. The van der Waals surface area contributed by atoms with Crippen molar-refractivity contribution in [3.63, 3.8) is 0 Å². The molecule has 2 aromatic carbocycles. The van der Waals surface area contributed by atoms with Gasteiger partial charge in [-0.3, -0.25) is 9.59 Å². The molecule has 2 aromatic rings. The Balaban J connectivity index is 1.74. The predicted octanol–water partition coefficient (Wildman–Crippen LogP) is 7.52. The Hall–Kier alpha value is -1.92. The van der Waals surface area contributed by atoms with Crippen LogP contribution in [0.3, 0.4) is 0 Å². The van der Waals surface area contributed by atoms with E-state index in [4.69, 9.17) is 0 Å². The number of amides is 2. The zero-order chi connectivity index (χ0) is 21.6. The molecule has 30 heavy (non-hydrogen) atoms. The molecular weight excluding hydrogens is 412 g/mol. The number of anilines is 2. The van der Waals surface area contributed by atoms with Gasteiger partial charge in [-0.2, -0.15) is 0 Å². The van der Waals surface area contributed by atoms with Gasteiger partial charge in [0.15, 0.2) is 0 Å². The molecule has 2 rings (SSSR count). The molecule has 0 unspecified atom stereocenters. The molecule has 0 aromatic heterocycles. The summed E-state index contributed by atoms with van der Waals surface area (Å²) >= 11 is 0. The Labute approximate surface area is 188 Å². The van der Waals surface area contributed by atoms with Crippen molar-refractivity contribution in [3.8, 4) is 0 Å². The number of unbranched alkanes of at least 4 members (excludes halogenated alkanes) is 4. The average molecular weight is 445 g/mol. The first kappa shape index (κ1) is 24.4. The minimum atomic E-state index is 0.0794. The average Bonchev–Trinajstić information content (AvgIpc) is 2.75. The number of benzene rings is 2. The molecule has 0 fully saturated rings. The summed E-state index contributed by atoms with van der Waals surface area (Å²) in [4.78, 5) is 26.0. The van der Waals surface area contributed by atoms with E-state index in [-0.39, 0.29) is 11.8 Å². The number of rotatable bonds is 13. The van der Waals surface area contributed by atoms with Gasteiger partial charge in [-0.15, -0.1) is 0 Å². The smallest absolute Gasteiger partial charge is 0.224 e. The standard InChI is InChI=1S/C24H32N2O2S2/c1-3-5-7-9-23(27)25-19-11-15-21(16-12-19)29-30-22-17-13-20(14-18-22)26-24(28)10-8-6-4-2/h11-18H,3-10H2,1-2H3,(H,25,27)(H,26,28).